The zero-order chi connectivity index (χ0) is 37.4. The smallest absolute Gasteiger partial charge is 0.408 e. The van der Waals surface area contributed by atoms with E-state index in [1.807, 2.05) is 20.8 Å². The standard InChI is InChI=1S/C15H28N2O5.C9H17NO4.C7H15NO2/c1-9(17-13(20)22-15(6,7)8)11(18)16-10(2)12(19)21-14(3,4)5;1-6(7(11)13-5)10-8(12)14-9(2,3)4;1-5(8)6(9)10-7(2,3)4/h9-10H,1-8H3,(H,16,18)(H,17,20);6H,1-5H3,(H,10,12);5H,8H2,1-4H3/t9-,10-;6-;5-/m110/s1. The molecule has 0 radical (unpaired) electrons. The van der Waals surface area contributed by atoms with E-state index in [-0.39, 0.29) is 5.97 Å². The minimum atomic E-state index is -0.834. The van der Waals surface area contributed by atoms with Crippen molar-refractivity contribution < 1.29 is 52.5 Å². The molecule has 46 heavy (non-hydrogen) atoms. The van der Waals surface area contributed by atoms with Crippen LogP contribution in [-0.2, 0) is 42.9 Å². The molecule has 4 atom stereocenters. The molecule has 5 N–H and O–H groups in total. The lowest BCUT2D eigenvalue weighted by molar-refractivity contribution is -0.158. The summed E-state index contributed by atoms with van der Waals surface area (Å²) in [7, 11) is 1.26. The second-order valence-electron chi connectivity index (χ2n) is 14.3. The largest absolute Gasteiger partial charge is 0.467 e. The van der Waals surface area contributed by atoms with Gasteiger partial charge in [0.05, 0.1) is 7.11 Å². The van der Waals surface area contributed by atoms with E-state index < -0.39 is 76.6 Å². The number of hydrogen-bond donors (Lipinski definition) is 4. The Morgan fingerprint density at radius 3 is 1.07 bits per heavy atom. The van der Waals surface area contributed by atoms with Crippen LogP contribution in [0.2, 0.25) is 0 Å². The van der Waals surface area contributed by atoms with E-state index in [1.165, 1.54) is 27.9 Å². The number of carbonyl (C=O) groups excluding carboxylic acids is 6. The van der Waals surface area contributed by atoms with Gasteiger partial charge in [-0.25, -0.2) is 19.2 Å². The van der Waals surface area contributed by atoms with E-state index in [0.717, 1.165) is 0 Å². The van der Waals surface area contributed by atoms with Crippen LogP contribution in [0.3, 0.4) is 0 Å². The van der Waals surface area contributed by atoms with Crippen LogP contribution in [0.4, 0.5) is 9.59 Å². The fourth-order valence-electron chi connectivity index (χ4n) is 2.45. The van der Waals surface area contributed by atoms with Gasteiger partial charge in [-0.3, -0.25) is 9.59 Å². The summed E-state index contributed by atoms with van der Waals surface area (Å²) in [6, 6.07) is -2.87. The lowest BCUT2D eigenvalue weighted by Gasteiger charge is -2.24. The van der Waals surface area contributed by atoms with Crippen LogP contribution in [0.15, 0.2) is 0 Å². The lowest BCUT2D eigenvalue weighted by Crippen LogP contribution is -2.51. The van der Waals surface area contributed by atoms with Gasteiger partial charge in [0, 0.05) is 0 Å². The molecule has 0 unspecified atom stereocenters. The van der Waals surface area contributed by atoms with Gasteiger partial charge >= 0.3 is 30.1 Å². The molecule has 0 bridgehead atoms. The van der Waals surface area contributed by atoms with Gasteiger partial charge in [0.1, 0.15) is 46.6 Å². The molecule has 0 heterocycles. The summed E-state index contributed by atoms with van der Waals surface area (Å²) in [4.78, 5) is 68.2. The predicted octanol–water partition coefficient (Wildman–Crippen LogP) is 3.49. The zero-order valence-electron chi connectivity index (χ0n) is 30.9. The highest BCUT2D eigenvalue weighted by molar-refractivity contribution is 5.89. The SMILES string of the molecule is COC(=O)[C@@H](C)NC(=O)OC(C)(C)C.C[C@@H](NC(=O)OC(C)(C)C)C(=O)N[C@H](C)C(=O)OC(C)(C)C.C[C@H](N)C(=O)OC(C)(C)C. The zero-order valence-corrected chi connectivity index (χ0v) is 30.9. The van der Waals surface area contributed by atoms with Gasteiger partial charge in [-0.05, 0) is 111 Å². The molecule has 0 aliphatic rings. The Balaban J connectivity index is -0.000000658. The quantitative estimate of drug-likeness (QED) is 0.228. The summed E-state index contributed by atoms with van der Waals surface area (Å²) in [5.41, 5.74) is 3.00. The molecule has 0 aromatic rings. The summed E-state index contributed by atoms with van der Waals surface area (Å²) >= 11 is 0. The van der Waals surface area contributed by atoms with Crippen molar-refractivity contribution in [2.24, 2.45) is 5.73 Å². The maximum Gasteiger partial charge on any atom is 0.408 e. The second-order valence-corrected chi connectivity index (χ2v) is 14.3. The number of carbonyl (C=O) groups is 6. The maximum atomic E-state index is 11.9. The van der Waals surface area contributed by atoms with Crippen LogP contribution in [-0.4, -0.2) is 89.7 Å². The van der Waals surface area contributed by atoms with Crippen molar-refractivity contribution in [2.45, 2.75) is 157 Å². The highest BCUT2D eigenvalue weighted by atomic mass is 16.6. The molecule has 0 aliphatic heterocycles. The molecular formula is C31H60N4O11. The summed E-state index contributed by atoms with van der Waals surface area (Å²) in [6.07, 6.45) is -1.32. The third kappa shape index (κ3) is 29.1. The van der Waals surface area contributed by atoms with Gasteiger partial charge in [0.2, 0.25) is 5.91 Å². The van der Waals surface area contributed by atoms with Crippen LogP contribution in [0.1, 0.15) is 111 Å². The Morgan fingerprint density at radius 2 is 0.783 bits per heavy atom. The van der Waals surface area contributed by atoms with E-state index in [9.17, 15) is 28.8 Å². The van der Waals surface area contributed by atoms with Crippen LogP contribution in [0.5, 0.6) is 0 Å². The van der Waals surface area contributed by atoms with Crippen LogP contribution >= 0.6 is 0 Å². The molecule has 0 aromatic carbocycles. The molecule has 0 fully saturated rings. The first-order valence-electron chi connectivity index (χ1n) is 14.9. The molecule has 0 rings (SSSR count). The maximum absolute atomic E-state index is 11.9. The minimum Gasteiger partial charge on any atom is -0.467 e. The fraction of sp³-hybridized carbons (Fsp3) is 0.806. The Hall–Kier alpha value is -3.62. The predicted molar refractivity (Wildman–Crippen MR) is 173 cm³/mol. The number of nitrogens with two attached hydrogens (primary N) is 1. The molecule has 0 aliphatic carbocycles. The fourth-order valence-corrected chi connectivity index (χ4v) is 2.45. The number of amides is 3. The first-order valence-corrected chi connectivity index (χ1v) is 14.9. The van der Waals surface area contributed by atoms with E-state index >= 15 is 0 Å². The number of esters is 3. The molecule has 0 saturated heterocycles. The Morgan fingerprint density at radius 1 is 0.478 bits per heavy atom. The highest BCUT2D eigenvalue weighted by Gasteiger charge is 2.26. The number of rotatable bonds is 7. The summed E-state index contributed by atoms with van der Waals surface area (Å²) in [5.74, 6) is -1.89. The number of hydrogen-bond acceptors (Lipinski definition) is 12. The van der Waals surface area contributed by atoms with Crippen LogP contribution in [0, 0.1) is 0 Å². The third-order valence-electron chi connectivity index (χ3n) is 4.31. The van der Waals surface area contributed by atoms with Crippen LogP contribution < -0.4 is 21.7 Å². The molecule has 3 amide bonds. The summed E-state index contributed by atoms with van der Waals surface area (Å²) in [6.45, 7) is 27.2. The van der Waals surface area contributed by atoms with Crippen molar-refractivity contribution >= 4 is 36.0 Å². The van der Waals surface area contributed by atoms with E-state index in [0.29, 0.717) is 0 Å². The van der Waals surface area contributed by atoms with Crippen LogP contribution in [0.25, 0.3) is 0 Å². The lowest BCUT2D eigenvalue weighted by atomic mass is 10.2. The number of ether oxygens (including phenoxy) is 5. The van der Waals surface area contributed by atoms with Gasteiger partial charge in [0.25, 0.3) is 0 Å². The topological polar surface area (TPSA) is 211 Å². The van der Waals surface area contributed by atoms with Crippen molar-refractivity contribution in [1.29, 1.82) is 0 Å². The van der Waals surface area contributed by atoms with Crippen molar-refractivity contribution in [3.05, 3.63) is 0 Å². The van der Waals surface area contributed by atoms with Crippen molar-refractivity contribution in [3.63, 3.8) is 0 Å². The number of methoxy groups -OCH3 is 1. The molecule has 15 nitrogen and oxygen atoms in total. The Bertz CT molecular complexity index is 1000. The highest BCUT2D eigenvalue weighted by Crippen LogP contribution is 2.10. The van der Waals surface area contributed by atoms with Gasteiger partial charge in [-0.1, -0.05) is 0 Å². The molecule has 0 aromatic heterocycles. The molecular weight excluding hydrogens is 604 g/mol. The molecule has 0 spiro atoms. The molecule has 270 valence electrons. The first kappa shape index (κ1) is 46.8. The Kier molecular flexibility index (Phi) is 20.1. The van der Waals surface area contributed by atoms with Crippen molar-refractivity contribution in [1.82, 2.24) is 16.0 Å². The normalized spacial score (nSPS) is 14.0. The van der Waals surface area contributed by atoms with Crippen molar-refractivity contribution in [2.75, 3.05) is 7.11 Å². The monoisotopic (exact) mass is 664 g/mol. The molecule has 15 heteroatoms. The first-order chi connectivity index (χ1) is 20.3. The average Bonchev–Trinajstić information content (AvgIpc) is 2.79. The summed E-state index contributed by atoms with van der Waals surface area (Å²) in [5, 5.41) is 7.24. The Labute approximate surface area is 274 Å². The van der Waals surface area contributed by atoms with E-state index in [4.69, 9.17) is 24.7 Å². The van der Waals surface area contributed by atoms with Gasteiger partial charge in [0.15, 0.2) is 0 Å². The summed E-state index contributed by atoms with van der Waals surface area (Å²) < 4.78 is 24.5. The van der Waals surface area contributed by atoms with Crippen molar-refractivity contribution in [3.8, 4) is 0 Å². The number of alkyl carbamates (subject to hydrolysis) is 2. The second kappa shape index (κ2) is 19.8. The van der Waals surface area contributed by atoms with E-state index in [1.54, 1.807) is 69.2 Å². The number of nitrogens with one attached hydrogen (secondary N) is 3. The third-order valence-corrected chi connectivity index (χ3v) is 4.31. The minimum absolute atomic E-state index is 0.354. The van der Waals surface area contributed by atoms with Gasteiger partial charge < -0.3 is 45.4 Å². The average molecular weight is 665 g/mol. The van der Waals surface area contributed by atoms with E-state index in [2.05, 4.69) is 20.7 Å². The molecule has 0 saturated carbocycles. The van der Waals surface area contributed by atoms with Gasteiger partial charge in [-0.2, -0.15) is 0 Å². The van der Waals surface area contributed by atoms with Gasteiger partial charge in [-0.15, -0.1) is 0 Å².